The molecule has 0 unspecified atom stereocenters. The predicted molar refractivity (Wildman–Crippen MR) is 110 cm³/mol. The van der Waals surface area contributed by atoms with Gasteiger partial charge in [0.05, 0.1) is 21.7 Å². The van der Waals surface area contributed by atoms with Crippen LogP contribution in [0.15, 0.2) is 60.1 Å². The number of nitro groups is 1. The van der Waals surface area contributed by atoms with Crippen molar-refractivity contribution in [1.82, 2.24) is 4.57 Å². The van der Waals surface area contributed by atoms with Gasteiger partial charge in [0, 0.05) is 18.7 Å². The van der Waals surface area contributed by atoms with Crippen molar-refractivity contribution >= 4 is 33.1 Å². The Morgan fingerprint density at radius 1 is 1.24 bits per heavy atom. The molecule has 0 N–H and O–H groups in total. The molecule has 0 radical (unpaired) electrons. The molecule has 9 heteroatoms. The molecule has 3 aromatic rings. The number of fused-ring (bicyclic) bond motifs is 1. The summed E-state index contributed by atoms with van der Waals surface area (Å²) in [4.78, 5) is 27.4. The lowest BCUT2D eigenvalue weighted by Crippen LogP contribution is -2.19. The zero-order valence-corrected chi connectivity index (χ0v) is 16.6. The molecule has 0 aliphatic heterocycles. The Morgan fingerprint density at radius 2 is 1.93 bits per heavy atom. The van der Waals surface area contributed by atoms with Gasteiger partial charge in [-0.25, -0.2) is 0 Å². The van der Waals surface area contributed by atoms with E-state index >= 15 is 0 Å². The minimum absolute atomic E-state index is 0.0128. The number of hydrogen-bond donors (Lipinski definition) is 0. The molecule has 0 atom stereocenters. The van der Waals surface area contributed by atoms with E-state index in [0.717, 1.165) is 11.3 Å². The quantitative estimate of drug-likeness (QED) is 0.319. The number of thiazole rings is 1. The topological polar surface area (TPSA) is 96.0 Å². The molecule has 1 heterocycles. The first-order valence-corrected chi connectivity index (χ1v) is 9.65. The average Bonchev–Trinajstić information content (AvgIpc) is 3.04. The van der Waals surface area contributed by atoms with Gasteiger partial charge in [0.2, 0.25) is 0 Å². The fourth-order valence-corrected chi connectivity index (χ4v) is 3.74. The first kappa shape index (κ1) is 20.3. The zero-order chi connectivity index (χ0) is 20.8. The Balaban J connectivity index is 1.82. The van der Waals surface area contributed by atoms with Crippen LogP contribution in [0.1, 0.15) is 6.92 Å². The van der Waals surface area contributed by atoms with Crippen molar-refractivity contribution in [3.63, 3.8) is 0 Å². The second-order valence-electron chi connectivity index (χ2n) is 5.89. The van der Waals surface area contributed by atoms with Crippen LogP contribution in [-0.2, 0) is 11.3 Å². The molecular weight excluding hydrogens is 394 g/mol. The summed E-state index contributed by atoms with van der Waals surface area (Å²) in [6.07, 6.45) is 1.67. The number of amides is 1. The third-order valence-electron chi connectivity index (χ3n) is 3.91. The van der Waals surface area contributed by atoms with Gasteiger partial charge >= 0.3 is 0 Å². The number of ether oxygens (including phenoxy) is 2. The van der Waals surface area contributed by atoms with Gasteiger partial charge in [-0.05, 0) is 37.3 Å². The monoisotopic (exact) mass is 413 g/mol. The first-order chi connectivity index (χ1) is 14.0. The fourth-order valence-electron chi connectivity index (χ4n) is 2.65. The second kappa shape index (κ2) is 9.16. The molecule has 0 saturated carbocycles. The molecule has 3 rings (SSSR count). The van der Waals surface area contributed by atoms with Gasteiger partial charge in [-0.15, -0.1) is 6.58 Å². The van der Waals surface area contributed by atoms with Gasteiger partial charge < -0.3 is 14.0 Å². The van der Waals surface area contributed by atoms with Gasteiger partial charge in [0.1, 0.15) is 11.5 Å². The molecule has 8 nitrogen and oxygen atoms in total. The SMILES string of the molecule is C=CCn1c(=NC(=O)COc2ccc(OCC)cc2)sc2cc([N+](=O)[O-])ccc21. The van der Waals surface area contributed by atoms with Crippen LogP contribution in [0.25, 0.3) is 10.2 Å². The van der Waals surface area contributed by atoms with Crippen molar-refractivity contribution in [1.29, 1.82) is 0 Å². The van der Waals surface area contributed by atoms with E-state index in [0.29, 0.717) is 28.4 Å². The third-order valence-corrected chi connectivity index (χ3v) is 4.95. The number of benzene rings is 2. The smallest absolute Gasteiger partial charge is 0.286 e. The summed E-state index contributed by atoms with van der Waals surface area (Å²) in [6, 6.07) is 11.5. The van der Waals surface area contributed by atoms with Crippen LogP contribution in [0.5, 0.6) is 11.5 Å². The van der Waals surface area contributed by atoms with Crippen molar-refractivity contribution in [2.45, 2.75) is 13.5 Å². The number of carbonyl (C=O) groups excluding carboxylic acids is 1. The number of aromatic nitrogens is 1. The Labute approximate surface area is 170 Å². The summed E-state index contributed by atoms with van der Waals surface area (Å²) in [6.45, 7) is 6.38. The molecule has 0 spiro atoms. The minimum atomic E-state index is -0.460. The summed E-state index contributed by atoms with van der Waals surface area (Å²) in [5.74, 6) is 0.793. The van der Waals surface area contributed by atoms with Crippen LogP contribution in [0.3, 0.4) is 0 Å². The maximum Gasteiger partial charge on any atom is 0.286 e. The maximum absolute atomic E-state index is 12.3. The second-order valence-corrected chi connectivity index (χ2v) is 6.90. The third kappa shape index (κ3) is 4.88. The fraction of sp³-hybridized carbons (Fsp3) is 0.200. The average molecular weight is 413 g/mol. The van der Waals surface area contributed by atoms with Crippen LogP contribution in [-0.4, -0.2) is 28.6 Å². The number of carbonyl (C=O) groups is 1. The lowest BCUT2D eigenvalue weighted by Gasteiger charge is -2.06. The molecule has 2 aromatic carbocycles. The summed E-state index contributed by atoms with van der Waals surface area (Å²) in [5, 5.41) is 11.0. The Hall–Kier alpha value is -3.46. The van der Waals surface area contributed by atoms with Crippen molar-refractivity contribution in [3.8, 4) is 11.5 Å². The molecule has 0 aliphatic rings. The lowest BCUT2D eigenvalue weighted by atomic mass is 10.3. The van der Waals surface area contributed by atoms with Crippen molar-refractivity contribution < 1.29 is 19.2 Å². The van der Waals surface area contributed by atoms with E-state index in [1.807, 2.05) is 6.92 Å². The van der Waals surface area contributed by atoms with Gasteiger partial charge in [-0.2, -0.15) is 4.99 Å². The predicted octanol–water partition coefficient (Wildman–Crippen LogP) is 3.70. The van der Waals surface area contributed by atoms with Crippen molar-refractivity contribution in [2.24, 2.45) is 4.99 Å². The minimum Gasteiger partial charge on any atom is -0.494 e. The van der Waals surface area contributed by atoms with Crippen molar-refractivity contribution in [3.05, 3.63) is 70.0 Å². The summed E-state index contributed by atoms with van der Waals surface area (Å²) in [5.41, 5.74) is 0.737. The highest BCUT2D eigenvalue weighted by atomic mass is 32.1. The van der Waals surface area contributed by atoms with E-state index in [9.17, 15) is 14.9 Å². The molecule has 0 saturated heterocycles. The summed E-state index contributed by atoms with van der Waals surface area (Å²) >= 11 is 1.20. The molecular formula is C20H19N3O5S. The highest BCUT2D eigenvalue weighted by Crippen LogP contribution is 2.23. The Kier molecular flexibility index (Phi) is 6.40. The van der Waals surface area contributed by atoms with E-state index in [-0.39, 0.29) is 12.3 Å². The standard InChI is InChI=1S/C20H19N3O5S/c1-3-11-22-17-10-5-14(23(25)26)12-18(17)29-20(22)21-19(24)13-28-16-8-6-15(7-9-16)27-4-2/h3,5-10,12H,1,4,11,13H2,2H3. The number of hydrogen-bond acceptors (Lipinski definition) is 6. The normalized spacial score (nSPS) is 11.4. The van der Waals surface area contributed by atoms with Gasteiger partial charge in [0.15, 0.2) is 11.4 Å². The molecule has 1 amide bonds. The van der Waals surface area contributed by atoms with E-state index < -0.39 is 10.8 Å². The van der Waals surface area contributed by atoms with E-state index in [2.05, 4.69) is 11.6 Å². The zero-order valence-electron chi connectivity index (χ0n) is 15.7. The van der Waals surface area contributed by atoms with Crippen LogP contribution in [0.2, 0.25) is 0 Å². The lowest BCUT2D eigenvalue weighted by molar-refractivity contribution is -0.384. The highest BCUT2D eigenvalue weighted by molar-refractivity contribution is 7.16. The van der Waals surface area contributed by atoms with Crippen LogP contribution in [0, 0.1) is 10.1 Å². The number of allylic oxidation sites excluding steroid dienone is 1. The molecule has 150 valence electrons. The number of non-ortho nitro benzene ring substituents is 1. The Morgan fingerprint density at radius 3 is 2.55 bits per heavy atom. The highest BCUT2D eigenvalue weighted by Gasteiger charge is 2.12. The largest absolute Gasteiger partial charge is 0.494 e. The van der Waals surface area contributed by atoms with Crippen LogP contribution in [0.4, 0.5) is 5.69 Å². The molecule has 0 aliphatic carbocycles. The van der Waals surface area contributed by atoms with Gasteiger partial charge in [-0.1, -0.05) is 17.4 Å². The number of nitrogens with zero attached hydrogens (tertiary/aromatic N) is 3. The summed E-state index contributed by atoms with van der Waals surface area (Å²) < 4.78 is 13.3. The number of rotatable bonds is 8. The molecule has 0 fully saturated rings. The van der Waals surface area contributed by atoms with Crippen molar-refractivity contribution in [2.75, 3.05) is 13.2 Å². The molecule has 0 bridgehead atoms. The van der Waals surface area contributed by atoms with Gasteiger partial charge in [0.25, 0.3) is 11.6 Å². The van der Waals surface area contributed by atoms with Crippen LogP contribution < -0.4 is 14.3 Å². The molecule has 1 aromatic heterocycles. The van der Waals surface area contributed by atoms with E-state index in [1.165, 1.54) is 23.5 Å². The molecule has 29 heavy (non-hydrogen) atoms. The van der Waals surface area contributed by atoms with Gasteiger partial charge in [-0.3, -0.25) is 14.9 Å². The first-order valence-electron chi connectivity index (χ1n) is 8.83. The maximum atomic E-state index is 12.3. The Bertz CT molecular complexity index is 1120. The van der Waals surface area contributed by atoms with Crippen LogP contribution >= 0.6 is 11.3 Å². The number of nitro benzene ring substituents is 1. The van der Waals surface area contributed by atoms with E-state index in [1.54, 1.807) is 41.0 Å². The van der Waals surface area contributed by atoms with E-state index in [4.69, 9.17) is 9.47 Å². The summed E-state index contributed by atoms with van der Waals surface area (Å²) in [7, 11) is 0.